The Morgan fingerprint density at radius 2 is 1.08 bits per heavy atom. The van der Waals surface area contributed by atoms with Gasteiger partial charge >= 0.3 is 0 Å². The molecule has 0 fully saturated rings. The van der Waals surface area contributed by atoms with Crippen molar-refractivity contribution < 1.29 is 29.0 Å². The van der Waals surface area contributed by atoms with E-state index >= 15 is 0 Å². The molecule has 8 nitrogen and oxygen atoms in total. The molecule has 0 rings (SSSR count). The van der Waals surface area contributed by atoms with Gasteiger partial charge in [0.1, 0.15) is 25.3 Å². The molecule has 142 valence electrons. The largest absolute Gasteiger partial charge is 0.387 e. The summed E-state index contributed by atoms with van der Waals surface area (Å²) in [6, 6.07) is 0. The normalized spacial score (nSPS) is 14.8. The summed E-state index contributed by atoms with van der Waals surface area (Å²) in [5.41, 5.74) is 5.69. The lowest BCUT2D eigenvalue weighted by atomic mass is 10.2. The van der Waals surface area contributed by atoms with E-state index in [-0.39, 0.29) is 21.0 Å². The fourth-order valence-corrected chi connectivity index (χ4v) is 2.77. The smallest absolute Gasteiger partial charge is 0.264 e. The maximum Gasteiger partial charge on any atom is 0.264 e. The highest BCUT2D eigenvalue weighted by Gasteiger charge is 2.22. The van der Waals surface area contributed by atoms with E-state index in [2.05, 4.69) is 10.9 Å². The van der Waals surface area contributed by atoms with E-state index < -0.39 is 12.2 Å². The van der Waals surface area contributed by atoms with Crippen molar-refractivity contribution in [3.05, 3.63) is 0 Å². The van der Waals surface area contributed by atoms with Gasteiger partial charge in [-0.2, -0.15) is 0 Å². The van der Waals surface area contributed by atoms with Crippen LogP contribution in [0.4, 0.5) is 0 Å². The molecule has 0 bridgehead atoms. The van der Waals surface area contributed by atoms with Crippen LogP contribution in [0.1, 0.15) is 39.5 Å². The Hall–Kier alpha value is -1.22. The van der Waals surface area contributed by atoms with E-state index in [9.17, 15) is 19.8 Å². The number of likely N-dealkylation sites (N-methyl/N-ethyl adjacent to an activating group) is 2. The van der Waals surface area contributed by atoms with Crippen LogP contribution in [-0.2, 0) is 9.59 Å². The summed E-state index contributed by atoms with van der Waals surface area (Å²) in [6.07, 6.45) is 0.955. The number of unbranched alkanes of at least 4 members (excludes halogenated alkanes) is 1. The highest BCUT2D eigenvalue weighted by atomic mass is 16.3. The Bertz CT molecular complexity index is 371. The molecule has 8 heteroatoms. The van der Waals surface area contributed by atoms with Crippen molar-refractivity contribution in [3.63, 3.8) is 0 Å². The van der Waals surface area contributed by atoms with E-state index in [1.807, 2.05) is 28.2 Å². The van der Waals surface area contributed by atoms with Crippen LogP contribution < -0.4 is 10.9 Å². The maximum atomic E-state index is 11.9. The molecule has 2 amide bonds. The van der Waals surface area contributed by atoms with Crippen LogP contribution in [0.15, 0.2) is 0 Å². The molecule has 0 aliphatic rings. The average molecular weight is 348 g/mol. The van der Waals surface area contributed by atoms with Crippen LogP contribution in [0.25, 0.3) is 0 Å². The fourth-order valence-electron chi connectivity index (χ4n) is 2.77. The Balaban J connectivity index is 4.00. The number of aliphatic hydroxyl groups is 2. The molecule has 0 aromatic carbocycles. The quantitative estimate of drug-likeness (QED) is 0.230. The summed E-state index contributed by atoms with van der Waals surface area (Å²) in [5, 5.41) is 18.8. The Morgan fingerprint density at radius 3 is 1.33 bits per heavy atom. The highest BCUT2D eigenvalue weighted by molar-refractivity contribution is 5.75. The first-order valence-corrected chi connectivity index (χ1v) is 8.47. The molecule has 4 N–H and O–H groups in total. The summed E-state index contributed by atoms with van der Waals surface area (Å²) < 4.78 is 0.448. The standard InChI is InChI=1S/C16H34N4O4/c1-13(21)11-19(3,4)17-15(23)9-7-8-10-16(24)18-20(5,6)12-14(2)22/h13-14,21-22H,7-12H2,1-6H3/p+2. The molecule has 0 heterocycles. The number of aliphatic hydroxyl groups excluding tert-OH is 2. The Kier molecular flexibility index (Phi) is 9.42. The van der Waals surface area contributed by atoms with Gasteiger partial charge in [-0.15, -0.1) is 0 Å². The Morgan fingerprint density at radius 1 is 0.792 bits per heavy atom. The minimum Gasteiger partial charge on any atom is -0.387 e. The van der Waals surface area contributed by atoms with Crippen LogP contribution in [0, 0.1) is 0 Å². The van der Waals surface area contributed by atoms with Crippen LogP contribution in [0.3, 0.4) is 0 Å². The van der Waals surface area contributed by atoms with Crippen LogP contribution in [0.2, 0.25) is 0 Å². The van der Waals surface area contributed by atoms with Crippen molar-refractivity contribution in [2.45, 2.75) is 51.7 Å². The van der Waals surface area contributed by atoms with Gasteiger partial charge in [0.05, 0.1) is 28.2 Å². The van der Waals surface area contributed by atoms with Crippen molar-refractivity contribution in [1.29, 1.82) is 0 Å². The maximum absolute atomic E-state index is 11.9. The molecule has 0 saturated carbocycles. The lowest BCUT2D eigenvalue weighted by Crippen LogP contribution is -2.57. The van der Waals surface area contributed by atoms with Gasteiger partial charge in [0.2, 0.25) is 0 Å². The van der Waals surface area contributed by atoms with Crippen molar-refractivity contribution >= 4 is 11.8 Å². The zero-order chi connectivity index (χ0) is 19.0. The molecule has 24 heavy (non-hydrogen) atoms. The van der Waals surface area contributed by atoms with E-state index in [0.717, 1.165) is 0 Å². The number of nitrogens with zero attached hydrogens (tertiary/aromatic N) is 2. The van der Waals surface area contributed by atoms with Gasteiger partial charge in [-0.25, -0.2) is 20.0 Å². The first-order chi connectivity index (χ1) is 10.8. The number of quaternary nitrogens is 2. The molecule has 0 aromatic heterocycles. The van der Waals surface area contributed by atoms with Crippen LogP contribution in [-0.4, -0.2) is 84.7 Å². The van der Waals surface area contributed by atoms with Crippen molar-refractivity contribution in [2.24, 2.45) is 0 Å². The predicted octanol–water partition coefficient (Wildman–Crippen LogP) is -0.476. The van der Waals surface area contributed by atoms with E-state index in [0.29, 0.717) is 38.8 Å². The number of carbonyl (C=O) groups excluding carboxylic acids is 2. The summed E-state index contributed by atoms with van der Waals surface area (Å²) in [4.78, 5) is 23.8. The monoisotopic (exact) mass is 348 g/mol. The van der Waals surface area contributed by atoms with E-state index in [4.69, 9.17) is 0 Å². The summed E-state index contributed by atoms with van der Waals surface area (Å²) in [5.74, 6) is -0.183. The van der Waals surface area contributed by atoms with E-state index in [1.54, 1.807) is 13.8 Å². The third kappa shape index (κ3) is 12.2. The minimum atomic E-state index is -0.493. The molecule has 0 aliphatic carbocycles. The highest BCUT2D eigenvalue weighted by Crippen LogP contribution is 2.04. The lowest BCUT2D eigenvalue weighted by Gasteiger charge is -2.30. The number of carbonyl (C=O) groups is 2. The molecule has 0 radical (unpaired) electrons. The first kappa shape index (κ1) is 22.8. The molecule has 0 saturated heterocycles. The SMILES string of the molecule is CC(O)C[N+](C)(C)NC(=O)CCCCC(=O)N[N+](C)(C)CC(C)O. The number of amides is 2. The average Bonchev–Trinajstić information content (AvgIpc) is 2.29. The van der Waals surface area contributed by atoms with Gasteiger partial charge < -0.3 is 10.2 Å². The zero-order valence-electron chi connectivity index (χ0n) is 16.0. The van der Waals surface area contributed by atoms with Gasteiger partial charge in [-0.3, -0.25) is 9.59 Å². The first-order valence-electron chi connectivity index (χ1n) is 8.47. The van der Waals surface area contributed by atoms with Crippen LogP contribution in [0.5, 0.6) is 0 Å². The van der Waals surface area contributed by atoms with E-state index in [1.165, 1.54) is 0 Å². The number of hydrogen-bond acceptors (Lipinski definition) is 4. The third-order valence-electron chi connectivity index (χ3n) is 3.35. The third-order valence-corrected chi connectivity index (χ3v) is 3.35. The number of rotatable bonds is 11. The summed E-state index contributed by atoms with van der Waals surface area (Å²) >= 11 is 0. The summed E-state index contributed by atoms with van der Waals surface area (Å²) in [6.45, 7) is 4.24. The van der Waals surface area contributed by atoms with Gasteiger partial charge in [0.25, 0.3) is 11.8 Å². The van der Waals surface area contributed by atoms with Gasteiger partial charge in [-0.1, -0.05) is 0 Å². The molecule has 2 unspecified atom stereocenters. The van der Waals surface area contributed by atoms with Crippen molar-refractivity contribution in [2.75, 3.05) is 41.3 Å². The fraction of sp³-hybridized carbons (Fsp3) is 0.875. The van der Waals surface area contributed by atoms with Crippen LogP contribution >= 0.6 is 0 Å². The number of nitrogens with one attached hydrogen (secondary N) is 2. The predicted molar refractivity (Wildman–Crippen MR) is 92.1 cm³/mol. The van der Waals surface area contributed by atoms with Gasteiger partial charge in [-0.05, 0) is 26.7 Å². The van der Waals surface area contributed by atoms with Gasteiger partial charge in [0.15, 0.2) is 0 Å². The molecule has 0 spiro atoms. The topological polar surface area (TPSA) is 98.7 Å². The van der Waals surface area contributed by atoms with Crippen molar-refractivity contribution in [3.8, 4) is 0 Å². The summed E-state index contributed by atoms with van der Waals surface area (Å²) in [7, 11) is 7.28. The molecule has 0 aromatic rings. The lowest BCUT2D eigenvalue weighted by molar-refractivity contribution is -0.927. The number of hydrogen-bond donors (Lipinski definition) is 4. The molecular formula is C16H36N4O4+2. The van der Waals surface area contributed by atoms with Gasteiger partial charge in [0, 0.05) is 12.8 Å². The molecule has 0 aliphatic heterocycles. The molecule has 2 atom stereocenters. The minimum absolute atomic E-state index is 0.0914. The Labute approximate surface area is 145 Å². The second-order valence-electron chi connectivity index (χ2n) is 7.71. The second kappa shape index (κ2) is 9.93. The zero-order valence-corrected chi connectivity index (χ0v) is 16.0. The van der Waals surface area contributed by atoms with Crippen molar-refractivity contribution in [1.82, 2.24) is 10.9 Å². The molecular weight excluding hydrogens is 312 g/mol. The second-order valence-corrected chi connectivity index (χ2v) is 7.71.